The molecule has 1 aliphatic heterocycles. The normalized spacial score (nSPS) is 16.3. The second kappa shape index (κ2) is 7.36. The number of carbonyl (C=O) groups excluding carboxylic acids is 2. The van der Waals surface area contributed by atoms with Gasteiger partial charge in [-0.05, 0) is 42.5 Å². The van der Waals surface area contributed by atoms with Gasteiger partial charge in [0.25, 0.3) is 0 Å². The SMILES string of the molecule is COc1ccc(N2CC(C(=O)Nc3ccc(C(=O)O)cc3O)CC2=O)cc1. The van der Waals surface area contributed by atoms with Crippen LogP contribution in [0, 0.1) is 5.92 Å². The van der Waals surface area contributed by atoms with Crippen molar-refractivity contribution in [3.05, 3.63) is 48.0 Å². The van der Waals surface area contributed by atoms with Crippen LogP contribution in [0.15, 0.2) is 42.5 Å². The van der Waals surface area contributed by atoms with Gasteiger partial charge in [0.05, 0.1) is 24.3 Å². The fourth-order valence-corrected chi connectivity index (χ4v) is 2.90. The minimum Gasteiger partial charge on any atom is -0.506 e. The molecule has 2 aromatic carbocycles. The number of nitrogens with zero attached hydrogens (tertiary/aromatic N) is 1. The van der Waals surface area contributed by atoms with Crippen molar-refractivity contribution in [2.24, 2.45) is 5.92 Å². The zero-order chi connectivity index (χ0) is 19.6. The topological polar surface area (TPSA) is 116 Å². The number of rotatable bonds is 5. The summed E-state index contributed by atoms with van der Waals surface area (Å²) in [5.41, 5.74) is 0.678. The second-order valence-electron chi connectivity index (χ2n) is 6.13. The highest BCUT2D eigenvalue weighted by Gasteiger charge is 2.35. The number of aromatic carboxylic acids is 1. The zero-order valence-electron chi connectivity index (χ0n) is 14.5. The van der Waals surface area contributed by atoms with E-state index in [0.717, 1.165) is 6.07 Å². The number of aromatic hydroxyl groups is 1. The Balaban J connectivity index is 1.69. The van der Waals surface area contributed by atoms with Gasteiger partial charge >= 0.3 is 5.97 Å². The van der Waals surface area contributed by atoms with Gasteiger partial charge in [-0.3, -0.25) is 9.59 Å². The predicted octanol–water partition coefficient (Wildman–Crippen LogP) is 2.09. The van der Waals surface area contributed by atoms with Gasteiger partial charge in [-0.25, -0.2) is 4.79 Å². The molecule has 1 fully saturated rings. The fraction of sp³-hybridized carbons (Fsp3) is 0.211. The number of ether oxygens (including phenoxy) is 1. The molecule has 0 spiro atoms. The number of hydrogen-bond acceptors (Lipinski definition) is 5. The van der Waals surface area contributed by atoms with Crippen LogP contribution in [0.5, 0.6) is 11.5 Å². The maximum atomic E-state index is 12.5. The number of methoxy groups -OCH3 is 1. The lowest BCUT2D eigenvalue weighted by Gasteiger charge is -2.17. The summed E-state index contributed by atoms with van der Waals surface area (Å²) in [6.07, 6.45) is 0.0475. The van der Waals surface area contributed by atoms with E-state index in [9.17, 15) is 19.5 Å². The Morgan fingerprint density at radius 2 is 1.89 bits per heavy atom. The van der Waals surface area contributed by atoms with Crippen molar-refractivity contribution in [3.8, 4) is 11.5 Å². The lowest BCUT2D eigenvalue weighted by Crippen LogP contribution is -2.28. The zero-order valence-corrected chi connectivity index (χ0v) is 14.5. The number of hydrogen-bond donors (Lipinski definition) is 3. The summed E-state index contributed by atoms with van der Waals surface area (Å²) in [4.78, 5) is 37.2. The van der Waals surface area contributed by atoms with Crippen LogP contribution in [0.2, 0.25) is 0 Å². The van der Waals surface area contributed by atoms with Crippen LogP contribution in [0.25, 0.3) is 0 Å². The highest BCUT2D eigenvalue weighted by Crippen LogP contribution is 2.29. The van der Waals surface area contributed by atoms with Crippen molar-refractivity contribution in [2.75, 3.05) is 23.9 Å². The Hall–Kier alpha value is -3.55. The third kappa shape index (κ3) is 3.84. The van der Waals surface area contributed by atoms with E-state index in [4.69, 9.17) is 9.84 Å². The number of anilines is 2. The predicted molar refractivity (Wildman–Crippen MR) is 97.1 cm³/mol. The van der Waals surface area contributed by atoms with Crippen LogP contribution in [-0.4, -0.2) is 41.7 Å². The summed E-state index contributed by atoms with van der Waals surface area (Å²) in [6, 6.07) is 10.6. The lowest BCUT2D eigenvalue weighted by molar-refractivity contribution is -0.122. The van der Waals surface area contributed by atoms with E-state index in [-0.39, 0.29) is 35.9 Å². The molecule has 140 valence electrons. The fourth-order valence-electron chi connectivity index (χ4n) is 2.90. The Morgan fingerprint density at radius 1 is 1.19 bits per heavy atom. The van der Waals surface area contributed by atoms with Crippen molar-refractivity contribution in [3.63, 3.8) is 0 Å². The number of nitrogens with one attached hydrogen (secondary N) is 1. The molecule has 27 heavy (non-hydrogen) atoms. The molecule has 0 aliphatic carbocycles. The molecule has 1 aliphatic rings. The number of carboxylic acid groups (broad SMARTS) is 1. The standard InChI is InChI=1S/C19H18N2O6/c1-27-14-5-3-13(4-6-14)21-10-12(9-17(21)23)18(24)20-15-7-2-11(19(25)26)8-16(15)22/h2-8,12,22H,9-10H2,1H3,(H,20,24)(H,25,26). The molecule has 1 heterocycles. The minimum atomic E-state index is -1.18. The molecule has 1 unspecified atom stereocenters. The van der Waals surface area contributed by atoms with Crippen LogP contribution >= 0.6 is 0 Å². The van der Waals surface area contributed by atoms with Crippen molar-refractivity contribution >= 4 is 29.2 Å². The number of amides is 2. The van der Waals surface area contributed by atoms with Crippen LogP contribution in [0.1, 0.15) is 16.8 Å². The third-order valence-electron chi connectivity index (χ3n) is 4.38. The van der Waals surface area contributed by atoms with Gasteiger partial charge in [-0.2, -0.15) is 0 Å². The summed E-state index contributed by atoms with van der Waals surface area (Å²) >= 11 is 0. The molecule has 1 saturated heterocycles. The number of carbonyl (C=O) groups is 3. The number of phenolic OH excluding ortho intramolecular Hbond substituents is 1. The van der Waals surface area contributed by atoms with Crippen LogP contribution in [0.3, 0.4) is 0 Å². The Kier molecular flexibility index (Phi) is 4.98. The van der Waals surface area contributed by atoms with E-state index in [0.29, 0.717) is 11.4 Å². The van der Waals surface area contributed by atoms with Crippen molar-refractivity contribution in [1.29, 1.82) is 0 Å². The number of carboxylic acids is 1. The summed E-state index contributed by atoms with van der Waals surface area (Å²) in [6.45, 7) is 0.213. The van der Waals surface area contributed by atoms with Crippen LogP contribution in [-0.2, 0) is 9.59 Å². The molecule has 2 amide bonds. The van der Waals surface area contributed by atoms with E-state index in [1.54, 1.807) is 31.4 Å². The lowest BCUT2D eigenvalue weighted by atomic mass is 10.1. The first kappa shape index (κ1) is 18.2. The van der Waals surface area contributed by atoms with E-state index < -0.39 is 17.8 Å². The molecule has 1 atom stereocenters. The summed E-state index contributed by atoms with van der Waals surface area (Å²) in [5, 5.41) is 21.3. The molecule has 0 bridgehead atoms. The Labute approximate surface area is 155 Å². The third-order valence-corrected chi connectivity index (χ3v) is 4.38. The highest BCUT2D eigenvalue weighted by molar-refractivity contribution is 6.04. The average Bonchev–Trinajstić information content (AvgIpc) is 3.05. The quantitative estimate of drug-likeness (QED) is 0.694. The van der Waals surface area contributed by atoms with Gasteiger partial charge < -0.3 is 25.2 Å². The molecule has 0 saturated carbocycles. The molecular formula is C19H18N2O6. The smallest absolute Gasteiger partial charge is 0.335 e. The van der Waals surface area contributed by atoms with Crippen molar-refractivity contribution < 1.29 is 29.3 Å². The highest BCUT2D eigenvalue weighted by atomic mass is 16.5. The number of benzene rings is 2. The van der Waals surface area contributed by atoms with E-state index in [1.165, 1.54) is 17.0 Å². The molecule has 0 aromatic heterocycles. The molecule has 8 nitrogen and oxygen atoms in total. The molecule has 3 rings (SSSR count). The van der Waals surface area contributed by atoms with E-state index in [2.05, 4.69) is 5.32 Å². The maximum absolute atomic E-state index is 12.5. The van der Waals surface area contributed by atoms with Crippen LogP contribution in [0.4, 0.5) is 11.4 Å². The monoisotopic (exact) mass is 370 g/mol. The number of phenols is 1. The van der Waals surface area contributed by atoms with E-state index >= 15 is 0 Å². The average molecular weight is 370 g/mol. The van der Waals surface area contributed by atoms with Gasteiger partial charge in [0.1, 0.15) is 11.5 Å². The molecule has 3 N–H and O–H groups in total. The molecule has 0 radical (unpaired) electrons. The van der Waals surface area contributed by atoms with E-state index in [1.807, 2.05) is 0 Å². The first-order chi connectivity index (χ1) is 12.9. The van der Waals surface area contributed by atoms with Gasteiger partial charge in [0.2, 0.25) is 11.8 Å². The Bertz CT molecular complexity index is 894. The molecular weight excluding hydrogens is 352 g/mol. The van der Waals surface area contributed by atoms with Gasteiger partial charge in [0, 0.05) is 18.7 Å². The molecule has 8 heteroatoms. The second-order valence-corrected chi connectivity index (χ2v) is 6.13. The Morgan fingerprint density at radius 3 is 2.48 bits per heavy atom. The largest absolute Gasteiger partial charge is 0.506 e. The molecule has 2 aromatic rings. The van der Waals surface area contributed by atoms with Crippen molar-refractivity contribution in [1.82, 2.24) is 0 Å². The van der Waals surface area contributed by atoms with Gasteiger partial charge in [-0.15, -0.1) is 0 Å². The first-order valence-electron chi connectivity index (χ1n) is 8.20. The van der Waals surface area contributed by atoms with Crippen molar-refractivity contribution in [2.45, 2.75) is 6.42 Å². The summed E-state index contributed by atoms with van der Waals surface area (Å²) < 4.78 is 5.09. The van der Waals surface area contributed by atoms with Gasteiger partial charge in [-0.1, -0.05) is 0 Å². The summed E-state index contributed by atoms with van der Waals surface area (Å²) in [7, 11) is 1.55. The van der Waals surface area contributed by atoms with Gasteiger partial charge in [0.15, 0.2) is 0 Å². The van der Waals surface area contributed by atoms with Crippen LogP contribution < -0.4 is 15.0 Å². The summed E-state index contributed by atoms with van der Waals surface area (Å²) in [5.74, 6) is -2.04. The minimum absolute atomic E-state index is 0.0475. The maximum Gasteiger partial charge on any atom is 0.335 e. The first-order valence-corrected chi connectivity index (χ1v) is 8.20.